The van der Waals surface area contributed by atoms with Gasteiger partial charge in [-0.1, -0.05) is 20.3 Å². The number of methoxy groups -OCH3 is 1. The molecule has 0 unspecified atom stereocenters. The van der Waals surface area contributed by atoms with Gasteiger partial charge in [-0.05, 0) is 37.8 Å². The van der Waals surface area contributed by atoms with Gasteiger partial charge in [-0.15, -0.1) is 0 Å². The molecule has 0 spiro atoms. The standard InChI is InChI=1S/C12H28N2O/c1-12(2,7-10-15-3)11-14-9-6-4-5-8-13/h14H,4-11,13H2,1-3H3. The maximum Gasteiger partial charge on any atom is 0.0467 e. The highest BCUT2D eigenvalue weighted by Crippen LogP contribution is 2.18. The molecule has 3 N–H and O–H groups in total. The van der Waals surface area contributed by atoms with Gasteiger partial charge in [0.05, 0.1) is 0 Å². The number of rotatable bonds is 10. The third kappa shape index (κ3) is 10.2. The number of nitrogens with two attached hydrogens (primary N) is 1. The fourth-order valence-electron chi connectivity index (χ4n) is 1.46. The molecule has 0 heterocycles. The van der Waals surface area contributed by atoms with E-state index < -0.39 is 0 Å². The van der Waals surface area contributed by atoms with Gasteiger partial charge < -0.3 is 15.8 Å². The van der Waals surface area contributed by atoms with Crippen molar-refractivity contribution in [3.8, 4) is 0 Å². The Kier molecular flexibility index (Phi) is 9.06. The van der Waals surface area contributed by atoms with Crippen LogP contribution in [0.3, 0.4) is 0 Å². The molecule has 0 aromatic rings. The van der Waals surface area contributed by atoms with E-state index in [1.807, 2.05) is 0 Å². The Morgan fingerprint density at radius 1 is 1.20 bits per heavy atom. The Labute approximate surface area is 94.8 Å². The van der Waals surface area contributed by atoms with Gasteiger partial charge >= 0.3 is 0 Å². The maximum atomic E-state index is 5.43. The van der Waals surface area contributed by atoms with E-state index in [2.05, 4.69) is 19.2 Å². The first-order valence-corrected chi connectivity index (χ1v) is 6.02. The van der Waals surface area contributed by atoms with E-state index in [1.165, 1.54) is 12.8 Å². The molecule has 0 saturated carbocycles. The molecule has 3 nitrogen and oxygen atoms in total. The van der Waals surface area contributed by atoms with Crippen LogP contribution in [0.2, 0.25) is 0 Å². The minimum absolute atomic E-state index is 0.337. The summed E-state index contributed by atoms with van der Waals surface area (Å²) in [5.74, 6) is 0. The number of hydrogen-bond acceptors (Lipinski definition) is 3. The molecule has 0 bridgehead atoms. The van der Waals surface area contributed by atoms with Crippen LogP contribution in [0.5, 0.6) is 0 Å². The molecule has 0 atom stereocenters. The van der Waals surface area contributed by atoms with E-state index in [0.29, 0.717) is 5.41 Å². The average Bonchev–Trinajstić information content (AvgIpc) is 2.20. The Bertz CT molecular complexity index is 138. The SMILES string of the molecule is COCCC(C)(C)CNCCCCCN. The molecule has 0 fully saturated rings. The average molecular weight is 216 g/mol. The minimum atomic E-state index is 0.337. The van der Waals surface area contributed by atoms with Crippen molar-refractivity contribution in [1.82, 2.24) is 5.32 Å². The summed E-state index contributed by atoms with van der Waals surface area (Å²) in [5.41, 5.74) is 5.77. The van der Waals surface area contributed by atoms with Crippen LogP contribution in [0.15, 0.2) is 0 Å². The molecule has 0 radical (unpaired) electrons. The van der Waals surface area contributed by atoms with Crippen LogP contribution in [0.1, 0.15) is 39.5 Å². The van der Waals surface area contributed by atoms with Crippen LogP contribution in [0.4, 0.5) is 0 Å². The summed E-state index contributed by atoms with van der Waals surface area (Å²) in [4.78, 5) is 0. The molecule has 3 heteroatoms. The highest BCUT2D eigenvalue weighted by Gasteiger charge is 2.16. The quantitative estimate of drug-likeness (QED) is 0.547. The van der Waals surface area contributed by atoms with Gasteiger partial charge in [0.2, 0.25) is 0 Å². The highest BCUT2D eigenvalue weighted by molar-refractivity contribution is 4.71. The molecule has 0 aliphatic rings. The summed E-state index contributed by atoms with van der Waals surface area (Å²) in [6, 6.07) is 0. The van der Waals surface area contributed by atoms with Crippen molar-refractivity contribution < 1.29 is 4.74 Å². The van der Waals surface area contributed by atoms with Crippen LogP contribution in [-0.2, 0) is 4.74 Å². The molecule has 0 aliphatic heterocycles. The third-order valence-corrected chi connectivity index (χ3v) is 2.64. The van der Waals surface area contributed by atoms with Crippen molar-refractivity contribution in [3.63, 3.8) is 0 Å². The second kappa shape index (κ2) is 9.13. The lowest BCUT2D eigenvalue weighted by atomic mass is 9.90. The Hall–Kier alpha value is -0.120. The second-order valence-corrected chi connectivity index (χ2v) is 4.93. The monoisotopic (exact) mass is 216 g/mol. The summed E-state index contributed by atoms with van der Waals surface area (Å²) in [6.07, 6.45) is 4.73. The lowest BCUT2D eigenvalue weighted by Gasteiger charge is -2.24. The maximum absolute atomic E-state index is 5.43. The van der Waals surface area contributed by atoms with Crippen molar-refractivity contribution in [3.05, 3.63) is 0 Å². The molecule has 0 amide bonds. The van der Waals surface area contributed by atoms with Crippen LogP contribution in [0, 0.1) is 5.41 Å². The topological polar surface area (TPSA) is 47.3 Å². The fraction of sp³-hybridized carbons (Fsp3) is 1.00. The first-order valence-electron chi connectivity index (χ1n) is 6.02. The van der Waals surface area contributed by atoms with Crippen molar-refractivity contribution in [2.75, 3.05) is 33.4 Å². The first kappa shape index (κ1) is 14.9. The minimum Gasteiger partial charge on any atom is -0.385 e. The summed E-state index contributed by atoms with van der Waals surface area (Å²) in [7, 11) is 1.76. The van der Waals surface area contributed by atoms with Crippen molar-refractivity contribution in [2.45, 2.75) is 39.5 Å². The predicted molar refractivity (Wildman–Crippen MR) is 66.0 cm³/mol. The van der Waals surface area contributed by atoms with Crippen LogP contribution >= 0.6 is 0 Å². The van der Waals surface area contributed by atoms with Crippen molar-refractivity contribution in [1.29, 1.82) is 0 Å². The normalized spacial score (nSPS) is 12.0. The molecule has 0 aliphatic carbocycles. The van der Waals surface area contributed by atoms with Gasteiger partial charge in [0.15, 0.2) is 0 Å². The van der Waals surface area contributed by atoms with Crippen LogP contribution in [0.25, 0.3) is 0 Å². The molecule has 92 valence electrons. The highest BCUT2D eigenvalue weighted by atomic mass is 16.5. The summed E-state index contributed by atoms with van der Waals surface area (Å²) in [6.45, 7) is 8.40. The van der Waals surface area contributed by atoms with Gasteiger partial charge in [-0.3, -0.25) is 0 Å². The lowest BCUT2D eigenvalue weighted by Crippen LogP contribution is -2.31. The van der Waals surface area contributed by atoms with E-state index in [-0.39, 0.29) is 0 Å². The second-order valence-electron chi connectivity index (χ2n) is 4.93. The molecule has 15 heavy (non-hydrogen) atoms. The van der Waals surface area contributed by atoms with E-state index in [4.69, 9.17) is 10.5 Å². The summed E-state index contributed by atoms with van der Waals surface area (Å²) < 4.78 is 5.10. The van der Waals surface area contributed by atoms with Gasteiger partial charge in [-0.25, -0.2) is 0 Å². The zero-order chi connectivity index (χ0) is 11.6. The third-order valence-electron chi connectivity index (χ3n) is 2.64. The molecular weight excluding hydrogens is 188 g/mol. The molecule has 0 aromatic carbocycles. The van der Waals surface area contributed by atoms with E-state index in [9.17, 15) is 0 Å². The van der Waals surface area contributed by atoms with Crippen LogP contribution < -0.4 is 11.1 Å². The molecular formula is C12H28N2O. The zero-order valence-electron chi connectivity index (χ0n) is 10.6. The number of ether oxygens (including phenoxy) is 1. The van der Waals surface area contributed by atoms with Crippen molar-refractivity contribution in [2.24, 2.45) is 11.1 Å². The van der Waals surface area contributed by atoms with Gasteiger partial charge in [0.25, 0.3) is 0 Å². The summed E-state index contributed by atoms with van der Waals surface area (Å²) in [5, 5.41) is 3.50. The Morgan fingerprint density at radius 2 is 1.93 bits per heavy atom. The number of hydrogen-bond donors (Lipinski definition) is 2. The van der Waals surface area contributed by atoms with Gasteiger partial charge in [0, 0.05) is 20.3 Å². The Morgan fingerprint density at radius 3 is 2.53 bits per heavy atom. The molecule has 0 saturated heterocycles. The molecule has 0 aromatic heterocycles. The largest absolute Gasteiger partial charge is 0.385 e. The van der Waals surface area contributed by atoms with Gasteiger partial charge in [-0.2, -0.15) is 0 Å². The van der Waals surface area contributed by atoms with Crippen molar-refractivity contribution >= 4 is 0 Å². The molecule has 0 rings (SSSR count). The number of nitrogens with one attached hydrogen (secondary N) is 1. The lowest BCUT2D eigenvalue weighted by molar-refractivity contribution is 0.151. The zero-order valence-corrected chi connectivity index (χ0v) is 10.6. The summed E-state index contributed by atoms with van der Waals surface area (Å²) >= 11 is 0. The van der Waals surface area contributed by atoms with E-state index in [0.717, 1.165) is 39.1 Å². The predicted octanol–water partition coefficient (Wildman–Crippen LogP) is 1.77. The number of unbranched alkanes of at least 4 members (excludes halogenated alkanes) is 2. The fourth-order valence-corrected chi connectivity index (χ4v) is 1.46. The van der Waals surface area contributed by atoms with E-state index in [1.54, 1.807) is 7.11 Å². The van der Waals surface area contributed by atoms with Crippen LogP contribution in [-0.4, -0.2) is 33.4 Å². The smallest absolute Gasteiger partial charge is 0.0467 e. The van der Waals surface area contributed by atoms with Gasteiger partial charge in [0.1, 0.15) is 0 Å². The first-order chi connectivity index (χ1) is 7.12. The van der Waals surface area contributed by atoms with E-state index >= 15 is 0 Å². The Balaban J connectivity index is 3.32.